The number of amides is 2. The fraction of sp³-hybridized carbons (Fsp3) is 0.222. The summed E-state index contributed by atoms with van der Waals surface area (Å²) in [7, 11) is 1.27. The van der Waals surface area contributed by atoms with Crippen LogP contribution >= 0.6 is 22.6 Å². The first-order valence-corrected chi connectivity index (χ1v) is 12.9. The summed E-state index contributed by atoms with van der Waals surface area (Å²) in [5.74, 6) is -9.25. The van der Waals surface area contributed by atoms with Crippen molar-refractivity contribution in [2.75, 3.05) is 17.3 Å². The Morgan fingerprint density at radius 1 is 0.800 bits per heavy atom. The summed E-state index contributed by atoms with van der Waals surface area (Å²) < 4.78 is 162. The number of carbonyl (C=O) groups excluding carboxylic acids is 2. The van der Waals surface area contributed by atoms with E-state index in [1.165, 1.54) is 43.4 Å². The molecule has 0 radical (unpaired) electrons. The first-order chi connectivity index (χ1) is 20.5. The topological polar surface area (TPSA) is 73.2 Å². The normalized spacial score (nSPS) is 13.9. The number of carbonyl (C=O) groups is 2. The molecule has 1 unspecified atom stereocenters. The van der Waals surface area contributed by atoms with Crippen molar-refractivity contribution in [3.8, 4) is 6.07 Å². The van der Waals surface area contributed by atoms with Crippen LogP contribution in [0.25, 0.3) is 0 Å². The largest absolute Gasteiger partial charge is 0.457 e. The molecule has 240 valence electrons. The van der Waals surface area contributed by atoms with E-state index in [0.717, 1.165) is 39.6 Å². The quantitative estimate of drug-likeness (QED) is 0.202. The van der Waals surface area contributed by atoms with E-state index in [-0.39, 0.29) is 22.9 Å². The highest BCUT2D eigenvalue weighted by atomic mass is 127. The first kappa shape index (κ1) is 35.5. The molecule has 5 nitrogen and oxygen atoms in total. The summed E-state index contributed by atoms with van der Waals surface area (Å²) in [5, 5.41) is 10.6. The molecule has 0 aliphatic heterocycles. The molecule has 0 fully saturated rings. The van der Waals surface area contributed by atoms with Crippen molar-refractivity contribution in [2.24, 2.45) is 0 Å². The zero-order valence-corrected chi connectivity index (χ0v) is 24.1. The predicted molar refractivity (Wildman–Crippen MR) is 142 cm³/mol. The lowest BCUT2D eigenvalue weighted by Crippen LogP contribution is -2.59. The van der Waals surface area contributed by atoms with Gasteiger partial charge >= 0.3 is 30.1 Å². The van der Waals surface area contributed by atoms with Crippen molar-refractivity contribution < 1.29 is 62.3 Å². The highest BCUT2D eigenvalue weighted by Crippen LogP contribution is 2.59. The molecule has 45 heavy (non-hydrogen) atoms. The van der Waals surface area contributed by atoms with Crippen LogP contribution in [0.1, 0.15) is 37.4 Å². The van der Waals surface area contributed by atoms with Gasteiger partial charge in [-0.1, -0.05) is 6.07 Å². The Morgan fingerprint density at radius 3 is 1.87 bits per heavy atom. The molecule has 0 saturated carbocycles. The second-order valence-electron chi connectivity index (χ2n) is 9.16. The predicted octanol–water partition coefficient (Wildman–Crippen LogP) is 8.64. The summed E-state index contributed by atoms with van der Waals surface area (Å²) >= 11 is 0.811. The fourth-order valence-corrected chi connectivity index (χ4v) is 4.68. The van der Waals surface area contributed by atoms with Crippen LogP contribution in [-0.4, -0.2) is 37.1 Å². The summed E-state index contributed by atoms with van der Waals surface area (Å²) in [6, 6.07) is 10.6. The Hall–Kier alpha value is -4.02. The summed E-state index contributed by atoms with van der Waals surface area (Å²) in [6.07, 6.45) is -20.0. The summed E-state index contributed by atoms with van der Waals surface area (Å²) in [5.41, 5.74) is -13.2. The van der Waals surface area contributed by atoms with Crippen LogP contribution in [-0.2, 0) is 11.8 Å². The molecule has 0 saturated heterocycles. The minimum atomic E-state index is -7.23. The first-order valence-electron chi connectivity index (χ1n) is 11.8. The zero-order valence-electron chi connectivity index (χ0n) is 21.9. The number of anilines is 2. The fourth-order valence-electron chi connectivity index (χ4n) is 3.91. The van der Waals surface area contributed by atoms with Gasteiger partial charge in [0, 0.05) is 33.0 Å². The van der Waals surface area contributed by atoms with Crippen LogP contribution in [0, 0.1) is 14.9 Å². The minimum Gasteiger partial charge on any atom is -0.320 e. The number of rotatable bonds is 6. The maximum atomic E-state index is 15.0. The number of hydrogen-bond donors (Lipinski definition) is 1. The van der Waals surface area contributed by atoms with Crippen molar-refractivity contribution in [3.05, 3.63) is 92.1 Å². The Kier molecular flexibility index (Phi) is 9.50. The zero-order chi connectivity index (χ0) is 34.3. The molecule has 3 aromatic carbocycles. The molecule has 0 bridgehead atoms. The van der Waals surface area contributed by atoms with E-state index in [1.54, 1.807) is 5.32 Å². The highest BCUT2D eigenvalue weighted by Gasteiger charge is 2.82. The molecular formula is C27H14F12IN3O2. The van der Waals surface area contributed by atoms with Gasteiger partial charge in [-0.3, -0.25) is 9.59 Å². The number of alkyl halides is 12. The van der Waals surface area contributed by atoms with Gasteiger partial charge in [0.25, 0.3) is 11.8 Å². The van der Waals surface area contributed by atoms with Crippen molar-refractivity contribution in [1.82, 2.24) is 0 Å². The minimum absolute atomic E-state index is 0.0138. The maximum Gasteiger partial charge on any atom is 0.457 e. The van der Waals surface area contributed by atoms with E-state index in [9.17, 15) is 62.3 Å². The van der Waals surface area contributed by atoms with E-state index in [1.807, 2.05) is 6.07 Å². The lowest BCUT2D eigenvalue weighted by atomic mass is 9.86. The monoisotopic (exact) mass is 767 g/mol. The number of nitrogens with one attached hydrogen (secondary N) is 1. The van der Waals surface area contributed by atoms with E-state index < -0.39 is 73.9 Å². The average Bonchev–Trinajstić information content (AvgIpc) is 2.95. The van der Waals surface area contributed by atoms with Crippen LogP contribution in [0.4, 0.5) is 64.1 Å². The standard InChI is InChI=1S/C27H14F12IN3O2/c1-43(22(45)14-7-5-13(12-41)6-8-14)17-4-2-3-15(9-17)21(44)42-20-18(24(29,30)31)10-16(11-19(20)40)23(28,26(34,35)36)25(32,33)27(37,38)39/h2-11H,1H3,(H,42,44). The Balaban J connectivity index is 2.06. The average molecular weight is 767 g/mol. The van der Waals surface area contributed by atoms with Crippen molar-refractivity contribution in [2.45, 2.75) is 30.1 Å². The molecule has 0 aliphatic carbocycles. The molecule has 0 aromatic heterocycles. The highest BCUT2D eigenvalue weighted by molar-refractivity contribution is 14.1. The SMILES string of the molecule is CN(C(=O)c1ccc(C#N)cc1)c1cccc(C(=O)Nc2c(I)cc(C(F)(C(F)(F)F)C(F)(F)C(F)(F)F)cc2C(F)(F)F)c1. The third-order valence-corrected chi connectivity index (χ3v) is 7.12. The molecular weight excluding hydrogens is 753 g/mol. The molecule has 1 N–H and O–H groups in total. The van der Waals surface area contributed by atoms with Crippen LogP contribution in [0.5, 0.6) is 0 Å². The molecule has 18 heteroatoms. The van der Waals surface area contributed by atoms with Gasteiger partial charge in [0.15, 0.2) is 0 Å². The third kappa shape index (κ3) is 6.67. The van der Waals surface area contributed by atoms with Crippen molar-refractivity contribution in [3.63, 3.8) is 0 Å². The molecule has 2 amide bonds. The number of nitriles is 1. The van der Waals surface area contributed by atoms with Gasteiger partial charge in [0.1, 0.15) is 0 Å². The summed E-state index contributed by atoms with van der Waals surface area (Å²) in [4.78, 5) is 26.8. The number of hydrogen-bond acceptors (Lipinski definition) is 3. The molecule has 0 aliphatic rings. The van der Waals surface area contributed by atoms with Gasteiger partial charge in [-0.2, -0.15) is 53.6 Å². The van der Waals surface area contributed by atoms with Gasteiger partial charge in [-0.15, -0.1) is 0 Å². The van der Waals surface area contributed by atoms with E-state index in [2.05, 4.69) is 0 Å². The second kappa shape index (κ2) is 12.1. The third-order valence-electron chi connectivity index (χ3n) is 6.27. The maximum absolute atomic E-state index is 15.0. The van der Waals surface area contributed by atoms with E-state index >= 15 is 0 Å². The Morgan fingerprint density at radius 2 is 1.38 bits per heavy atom. The van der Waals surface area contributed by atoms with Crippen molar-refractivity contribution >= 4 is 45.8 Å². The van der Waals surface area contributed by atoms with Gasteiger partial charge in [0.05, 0.1) is 22.9 Å². The lowest BCUT2D eigenvalue weighted by molar-refractivity contribution is -0.389. The lowest BCUT2D eigenvalue weighted by Gasteiger charge is -2.36. The van der Waals surface area contributed by atoms with Crippen LogP contribution in [0.3, 0.4) is 0 Å². The number of benzene rings is 3. The molecule has 1 atom stereocenters. The smallest absolute Gasteiger partial charge is 0.320 e. The molecule has 0 spiro atoms. The van der Waals surface area contributed by atoms with Gasteiger partial charge in [-0.05, 0) is 77.2 Å². The van der Waals surface area contributed by atoms with Crippen LogP contribution in [0.15, 0.2) is 60.7 Å². The van der Waals surface area contributed by atoms with E-state index in [0.29, 0.717) is 0 Å². The Labute approximate surface area is 258 Å². The van der Waals surface area contributed by atoms with Crippen LogP contribution < -0.4 is 10.2 Å². The number of halogens is 13. The van der Waals surface area contributed by atoms with Gasteiger partial charge in [-0.25, -0.2) is 4.39 Å². The second-order valence-corrected chi connectivity index (χ2v) is 10.3. The molecule has 3 rings (SSSR count). The molecule has 0 heterocycles. The van der Waals surface area contributed by atoms with Gasteiger partial charge in [0.2, 0.25) is 0 Å². The molecule has 3 aromatic rings. The van der Waals surface area contributed by atoms with E-state index in [4.69, 9.17) is 5.26 Å². The Bertz CT molecular complexity index is 1660. The van der Waals surface area contributed by atoms with Crippen LogP contribution in [0.2, 0.25) is 0 Å². The number of nitrogens with zero attached hydrogens (tertiary/aromatic N) is 2. The van der Waals surface area contributed by atoms with Gasteiger partial charge < -0.3 is 10.2 Å². The van der Waals surface area contributed by atoms with Crippen molar-refractivity contribution in [1.29, 1.82) is 5.26 Å². The summed E-state index contributed by atoms with van der Waals surface area (Å²) in [6.45, 7) is 0.